The number of rotatable bonds is 5. The predicted molar refractivity (Wildman–Crippen MR) is 101 cm³/mol. The number of carbonyl (C=O) groups is 2. The Morgan fingerprint density at radius 3 is 2.50 bits per heavy atom. The van der Waals surface area contributed by atoms with E-state index in [1.165, 1.54) is 19.2 Å². The largest absolute Gasteiger partial charge is 0.493 e. The number of primary amides is 1. The SMILES string of the molecule is COc1c([C@H]2[C@@H](C)[C@@H](C(F)(F)F)O[C@@H]2C(=O)Nc2ccnc(C(N)=O)c2)ccc(F)c1F. The number of halogens is 5. The number of pyridine rings is 1. The molecular weight excluding hydrogens is 441 g/mol. The van der Waals surface area contributed by atoms with Crippen LogP contribution < -0.4 is 15.8 Å². The predicted octanol–water partition coefficient (Wildman–Crippen LogP) is 3.16. The fraction of sp³-hybridized carbons (Fsp3) is 0.350. The first kappa shape index (κ1) is 23.4. The molecule has 172 valence electrons. The molecule has 0 saturated carbocycles. The Hall–Kier alpha value is -3.28. The van der Waals surface area contributed by atoms with Crippen molar-refractivity contribution in [3.05, 3.63) is 53.4 Å². The molecule has 12 heteroatoms. The third-order valence-corrected chi connectivity index (χ3v) is 5.17. The average molecular weight is 459 g/mol. The van der Waals surface area contributed by atoms with Crippen molar-refractivity contribution in [3.8, 4) is 5.75 Å². The number of amides is 2. The van der Waals surface area contributed by atoms with Gasteiger partial charge in [0.25, 0.3) is 11.8 Å². The molecule has 1 saturated heterocycles. The molecule has 0 radical (unpaired) electrons. The Labute approximate surface area is 178 Å². The first-order valence-corrected chi connectivity index (χ1v) is 9.26. The maximum atomic E-state index is 14.3. The first-order chi connectivity index (χ1) is 15.0. The molecule has 0 bridgehead atoms. The highest BCUT2D eigenvalue weighted by Crippen LogP contribution is 2.49. The molecule has 0 aliphatic carbocycles. The van der Waals surface area contributed by atoms with Crippen molar-refractivity contribution >= 4 is 17.5 Å². The van der Waals surface area contributed by atoms with Gasteiger partial charge >= 0.3 is 6.18 Å². The molecule has 2 amide bonds. The zero-order valence-electron chi connectivity index (χ0n) is 16.7. The first-order valence-electron chi connectivity index (χ1n) is 9.26. The van der Waals surface area contributed by atoms with Gasteiger partial charge in [0.1, 0.15) is 11.8 Å². The number of ether oxygens (including phenoxy) is 2. The van der Waals surface area contributed by atoms with Crippen molar-refractivity contribution in [2.45, 2.75) is 31.2 Å². The molecule has 32 heavy (non-hydrogen) atoms. The fourth-order valence-electron chi connectivity index (χ4n) is 3.75. The maximum absolute atomic E-state index is 14.3. The summed E-state index contributed by atoms with van der Waals surface area (Å²) in [7, 11) is 1.03. The molecular formula is C20H18F5N3O4. The number of hydrogen-bond donors (Lipinski definition) is 2. The van der Waals surface area contributed by atoms with Gasteiger partial charge in [0.05, 0.1) is 7.11 Å². The summed E-state index contributed by atoms with van der Waals surface area (Å²) >= 11 is 0. The zero-order chi connectivity index (χ0) is 23.8. The number of hydrogen-bond acceptors (Lipinski definition) is 5. The number of alkyl halides is 3. The van der Waals surface area contributed by atoms with E-state index in [0.29, 0.717) is 0 Å². The number of anilines is 1. The van der Waals surface area contributed by atoms with E-state index in [1.54, 1.807) is 0 Å². The van der Waals surface area contributed by atoms with Gasteiger partial charge in [-0.15, -0.1) is 0 Å². The van der Waals surface area contributed by atoms with Gasteiger partial charge in [-0.1, -0.05) is 13.0 Å². The lowest BCUT2D eigenvalue weighted by atomic mass is 9.81. The summed E-state index contributed by atoms with van der Waals surface area (Å²) < 4.78 is 78.5. The van der Waals surface area contributed by atoms with E-state index >= 15 is 0 Å². The van der Waals surface area contributed by atoms with E-state index in [2.05, 4.69) is 10.3 Å². The van der Waals surface area contributed by atoms with Crippen molar-refractivity contribution < 1.29 is 41.0 Å². The van der Waals surface area contributed by atoms with Crippen molar-refractivity contribution in [1.29, 1.82) is 0 Å². The number of carbonyl (C=O) groups excluding carboxylic acids is 2. The zero-order valence-corrected chi connectivity index (χ0v) is 16.7. The molecule has 7 nitrogen and oxygen atoms in total. The van der Waals surface area contributed by atoms with Crippen molar-refractivity contribution in [1.82, 2.24) is 4.98 Å². The molecule has 2 aromatic rings. The van der Waals surface area contributed by atoms with Gasteiger partial charge in [0.2, 0.25) is 5.82 Å². The average Bonchev–Trinajstić information content (AvgIpc) is 3.07. The lowest BCUT2D eigenvalue weighted by Gasteiger charge is -2.24. The van der Waals surface area contributed by atoms with Gasteiger partial charge in [-0.2, -0.15) is 17.6 Å². The molecule has 1 fully saturated rings. The Balaban J connectivity index is 2.02. The van der Waals surface area contributed by atoms with Crippen LogP contribution in [0.4, 0.5) is 27.6 Å². The molecule has 1 aliphatic rings. The maximum Gasteiger partial charge on any atom is 0.414 e. The minimum atomic E-state index is -4.83. The molecule has 0 spiro atoms. The van der Waals surface area contributed by atoms with Crippen LogP contribution in [-0.2, 0) is 9.53 Å². The molecule has 3 rings (SSSR count). The summed E-state index contributed by atoms with van der Waals surface area (Å²) in [5.41, 5.74) is 4.82. The number of benzene rings is 1. The van der Waals surface area contributed by atoms with Crippen LogP contribution >= 0.6 is 0 Å². The topological polar surface area (TPSA) is 104 Å². The summed E-state index contributed by atoms with van der Waals surface area (Å²) in [6, 6.07) is 4.21. The minimum Gasteiger partial charge on any atom is -0.493 e. The van der Waals surface area contributed by atoms with Crippen LogP contribution in [0, 0.1) is 17.6 Å². The Bertz CT molecular complexity index is 1050. The number of nitrogens with zero attached hydrogens (tertiary/aromatic N) is 1. The molecule has 1 aliphatic heterocycles. The quantitative estimate of drug-likeness (QED) is 0.669. The minimum absolute atomic E-state index is 0.0292. The highest BCUT2D eigenvalue weighted by molar-refractivity contribution is 5.97. The van der Waals surface area contributed by atoms with E-state index in [-0.39, 0.29) is 16.9 Å². The van der Waals surface area contributed by atoms with E-state index in [4.69, 9.17) is 15.2 Å². The second-order valence-electron chi connectivity index (χ2n) is 7.17. The third kappa shape index (κ3) is 4.35. The van der Waals surface area contributed by atoms with Crippen LogP contribution in [0.2, 0.25) is 0 Å². The van der Waals surface area contributed by atoms with Crippen LogP contribution in [-0.4, -0.2) is 42.3 Å². The summed E-state index contributed by atoms with van der Waals surface area (Å²) in [4.78, 5) is 27.9. The summed E-state index contributed by atoms with van der Waals surface area (Å²) in [6.07, 6.45) is -7.74. The number of aromatic nitrogens is 1. The van der Waals surface area contributed by atoms with Crippen molar-refractivity contribution in [3.63, 3.8) is 0 Å². The summed E-state index contributed by atoms with van der Waals surface area (Å²) in [6.45, 7) is 1.19. The number of nitrogens with two attached hydrogens (primary N) is 1. The van der Waals surface area contributed by atoms with Gasteiger partial charge in [-0.05, 0) is 18.2 Å². The third-order valence-electron chi connectivity index (χ3n) is 5.17. The fourth-order valence-corrected chi connectivity index (χ4v) is 3.75. The van der Waals surface area contributed by atoms with E-state index < -0.39 is 59.4 Å². The molecule has 2 heterocycles. The highest BCUT2D eigenvalue weighted by Gasteiger charge is 2.57. The molecule has 4 atom stereocenters. The Morgan fingerprint density at radius 1 is 1.22 bits per heavy atom. The van der Waals surface area contributed by atoms with Crippen LogP contribution in [0.3, 0.4) is 0 Å². The van der Waals surface area contributed by atoms with Gasteiger partial charge in [0, 0.05) is 29.3 Å². The Kier molecular flexibility index (Phi) is 6.35. The van der Waals surface area contributed by atoms with Crippen LogP contribution in [0.1, 0.15) is 28.9 Å². The van der Waals surface area contributed by atoms with Crippen LogP contribution in [0.25, 0.3) is 0 Å². The van der Waals surface area contributed by atoms with Gasteiger partial charge in [0.15, 0.2) is 17.7 Å². The van der Waals surface area contributed by atoms with Crippen molar-refractivity contribution in [2.24, 2.45) is 11.7 Å². The van der Waals surface area contributed by atoms with E-state index in [0.717, 1.165) is 25.3 Å². The number of nitrogens with one attached hydrogen (secondary N) is 1. The standard InChI is InChI=1S/C20H18F5N3O4/c1-8-13(10-3-4-11(21)14(22)15(10)31-2)16(32-17(8)20(23,24)25)19(30)28-9-5-6-27-12(7-9)18(26)29/h3-8,13,16-17H,1-2H3,(H2,26,29)(H,27,28,30)/t8-,13-,16+,17+/m1/s1. The van der Waals surface area contributed by atoms with Gasteiger partial charge in [-0.3, -0.25) is 14.6 Å². The van der Waals surface area contributed by atoms with Crippen LogP contribution in [0.15, 0.2) is 30.5 Å². The van der Waals surface area contributed by atoms with Crippen molar-refractivity contribution in [2.75, 3.05) is 12.4 Å². The second-order valence-corrected chi connectivity index (χ2v) is 7.17. The summed E-state index contributed by atoms with van der Waals surface area (Å²) in [5, 5.41) is 2.35. The number of methoxy groups -OCH3 is 1. The van der Waals surface area contributed by atoms with E-state index in [9.17, 15) is 31.5 Å². The van der Waals surface area contributed by atoms with Gasteiger partial charge < -0.3 is 20.5 Å². The molecule has 3 N–H and O–H groups in total. The lowest BCUT2D eigenvalue weighted by Crippen LogP contribution is -2.35. The monoisotopic (exact) mass is 459 g/mol. The van der Waals surface area contributed by atoms with Crippen LogP contribution in [0.5, 0.6) is 5.75 Å². The lowest BCUT2D eigenvalue weighted by molar-refractivity contribution is -0.221. The van der Waals surface area contributed by atoms with E-state index in [1.807, 2.05) is 0 Å². The van der Waals surface area contributed by atoms with Gasteiger partial charge in [-0.25, -0.2) is 4.39 Å². The second kappa shape index (κ2) is 8.69. The molecule has 1 aromatic carbocycles. The summed E-state index contributed by atoms with van der Waals surface area (Å²) in [5.74, 6) is -7.83. The Morgan fingerprint density at radius 2 is 1.91 bits per heavy atom. The smallest absolute Gasteiger partial charge is 0.414 e. The normalized spacial score (nSPS) is 23.1. The highest BCUT2D eigenvalue weighted by atomic mass is 19.4. The molecule has 0 unspecified atom stereocenters. The molecule has 1 aromatic heterocycles.